The monoisotopic (exact) mass is 186 g/mol. The minimum atomic E-state index is -0.268. The Morgan fingerprint density at radius 2 is 1.85 bits per heavy atom. The first kappa shape index (κ1) is 11.0. The van der Waals surface area contributed by atoms with Crippen LogP contribution in [-0.4, -0.2) is 22.9 Å². The lowest BCUT2D eigenvalue weighted by molar-refractivity contribution is 0.00796. The van der Waals surface area contributed by atoms with Gasteiger partial charge in [0.15, 0.2) is 0 Å². The van der Waals surface area contributed by atoms with Crippen molar-refractivity contribution in [2.75, 3.05) is 6.61 Å². The fraction of sp³-hybridized carbons (Fsp3) is 1.00. The third kappa shape index (κ3) is 2.96. The van der Waals surface area contributed by atoms with Gasteiger partial charge >= 0.3 is 0 Å². The van der Waals surface area contributed by atoms with Crippen LogP contribution in [0.5, 0.6) is 0 Å². The molecular formula is C11H22O2. The molecule has 0 aromatic carbocycles. The van der Waals surface area contributed by atoms with Crippen LogP contribution in [0.3, 0.4) is 0 Å². The standard InChI is InChI=1S/C11H22O2/c1-2-9(8-12)11(13)10-6-4-3-5-7-10/h9-13H,2-8H2,1H3/t9-,11+/m1/s1. The fourth-order valence-electron chi connectivity index (χ4n) is 2.34. The summed E-state index contributed by atoms with van der Waals surface area (Å²) in [6.07, 6.45) is 6.74. The zero-order valence-electron chi connectivity index (χ0n) is 8.58. The average molecular weight is 186 g/mol. The van der Waals surface area contributed by atoms with Crippen molar-refractivity contribution in [1.82, 2.24) is 0 Å². The molecule has 2 nitrogen and oxygen atoms in total. The maximum Gasteiger partial charge on any atom is 0.0618 e. The summed E-state index contributed by atoms with van der Waals surface area (Å²) in [7, 11) is 0. The Balaban J connectivity index is 2.38. The van der Waals surface area contributed by atoms with Crippen LogP contribution < -0.4 is 0 Å². The second-order valence-electron chi connectivity index (χ2n) is 4.24. The molecule has 0 aromatic rings. The second-order valence-corrected chi connectivity index (χ2v) is 4.24. The molecule has 1 rings (SSSR count). The molecule has 78 valence electrons. The number of rotatable bonds is 4. The highest BCUT2D eigenvalue weighted by Crippen LogP contribution is 2.30. The smallest absolute Gasteiger partial charge is 0.0618 e. The van der Waals surface area contributed by atoms with E-state index in [2.05, 4.69) is 0 Å². The molecule has 0 bridgehead atoms. The van der Waals surface area contributed by atoms with Gasteiger partial charge in [0.2, 0.25) is 0 Å². The van der Waals surface area contributed by atoms with Gasteiger partial charge in [-0.05, 0) is 25.2 Å². The predicted octanol–water partition coefficient (Wildman–Crippen LogP) is 1.95. The van der Waals surface area contributed by atoms with Crippen LogP contribution in [0.25, 0.3) is 0 Å². The molecule has 0 aromatic heterocycles. The van der Waals surface area contributed by atoms with E-state index in [1.54, 1.807) is 0 Å². The van der Waals surface area contributed by atoms with Gasteiger partial charge in [-0.1, -0.05) is 26.2 Å². The van der Waals surface area contributed by atoms with Crippen molar-refractivity contribution in [2.45, 2.75) is 51.6 Å². The van der Waals surface area contributed by atoms with Gasteiger partial charge < -0.3 is 10.2 Å². The summed E-state index contributed by atoms with van der Waals surface area (Å²) in [5.41, 5.74) is 0. The van der Waals surface area contributed by atoms with Crippen LogP contribution in [-0.2, 0) is 0 Å². The van der Waals surface area contributed by atoms with E-state index in [4.69, 9.17) is 5.11 Å². The summed E-state index contributed by atoms with van der Waals surface area (Å²) < 4.78 is 0. The second kappa shape index (κ2) is 5.61. The minimum absolute atomic E-state index is 0.100. The van der Waals surface area contributed by atoms with Crippen LogP contribution in [0.1, 0.15) is 45.4 Å². The quantitative estimate of drug-likeness (QED) is 0.704. The lowest BCUT2D eigenvalue weighted by Gasteiger charge is -2.30. The molecule has 0 heterocycles. The molecule has 0 spiro atoms. The van der Waals surface area contributed by atoms with Gasteiger partial charge in [-0.25, -0.2) is 0 Å². The van der Waals surface area contributed by atoms with Crippen molar-refractivity contribution in [2.24, 2.45) is 11.8 Å². The Morgan fingerprint density at radius 3 is 2.31 bits per heavy atom. The summed E-state index contributed by atoms with van der Waals surface area (Å²) >= 11 is 0. The van der Waals surface area contributed by atoms with E-state index in [0.29, 0.717) is 5.92 Å². The molecule has 2 heteroatoms. The first-order valence-electron chi connectivity index (χ1n) is 5.58. The minimum Gasteiger partial charge on any atom is -0.396 e. The Labute approximate surface area is 81.0 Å². The van der Waals surface area contributed by atoms with E-state index in [9.17, 15) is 5.11 Å². The Morgan fingerprint density at radius 1 is 1.23 bits per heavy atom. The van der Waals surface area contributed by atoms with Gasteiger partial charge in [0.25, 0.3) is 0 Å². The Kier molecular flexibility index (Phi) is 4.74. The van der Waals surface area contributed by atoms with Crippen molar-refractivity contribution >= 4 is 0 Å². The zero-order valence-corrected chi connectivity index (χ0v) is 8.58. The molecule has 1 aliphatic rings. The highest BCUT2D eigenvalue weighted by Gasteiger charge is 2.27. The maximum absolute atomic E-state index is 9.97. The van der Waals surface area contributed by atoms with Gasteiger partial charge in [-0.2, -0.15) is 0 Å². The molecule has 1 fully saturated rings. The van der Waals surface area contributed by atoms with Gasteiger partial charge in [-0.15, -0.1) is 0 Å². The normalized spacial score (nSPS) is 24.2. The molecular weight excluding hydrogens is 164 g/mol. The van der Waals surface area contributed by atoms with E-state index < -0.39 is 0 Å². The van der Waals surface area contributed by atoms with E-state index in [1.165, 1.54) is 19.3 Å². The van der Waals surface area contributed by atoms with Crippen molar-refractivity contribution in [3.63, 3.8) is 0 Å². The van der Waals surface area contributed by atoms with E-state index in [-0.39, 0.29) is 18.6 Å². The van der Waals surface area contributed by atoms with Crippen LogP contribution >= 0.6 is 0 Å². The summed E-state index contributed by atoms with van der Waals surface area (Å²) in [4.78, 5) is 0. The third-order valence-electron chi connectivity index (χ3n) is 3.37. The van der Waals surface area contributed by atoms with Crippen LogP contribution in [0.15, 0.2) is 0 Å². The molecule has 0 radical (unpaired) electrons. The number of aliphatic hydroxyl groups excluding tert-OH is 2. The van der Waals surface area contributed by atoms with Gasteiger partial charge in [0.1, 0.15) is 0 Å². The van der Waals surface area contributed by atoms with Gasteiger partial charge in [0.05, 0.1) is 6.10 Å². The van der Waals surface area contributed by atoms with E-state index >= 15 is 0 Å². The highest BCUT2D eigenvalue weighted by atomic mass is 16.3. The zero-order chi connectivity index (χ0) is 9.68. The van der Waals surface area contributed by atoms with Gasteiger partial charge in [-0.3, -0.25) is 0 Å². The largest absolute Gasteiger partial charge is 0.396 e. The maximum atomic E-state index is 9.97. The first-order chi connectivity index (χ1) is 6.29. The number of aliphatic hydroxyl groups is 2. The Bertz CT molecular complexity index is 126. The SMILES string of the molecule is CC[C@H](CO)[C@H](O)C1CCCCC1. The number of hydrogen-bond donors (Lipinski definition) is 2. The summed E-state index contributed by atoms with van der Waals surface area (Å²) in [5.74, 6) is 0.550. The molecule has 13 heavy (non-hydrogen) atoms. The molecule has 1 aliphatic carbocycles. The molecule has 0 saturated heterocycles. The third-order valence-corrected chi connectivity index (χ3v) is 3.37. The highest BCUT2D eigenvalue weighted by molar-refractivity contribution is 4.78. The van der Waals surface area contributed by atoms with Crippen LogP contribution in [0, 0.1) is 11.8 Å². The van der Waals surface area contributed by atoms with Crippen molar-refractivity contribution in [1.29, 1.82) is 0 Å². The average Bonchev–Trinajstić information content (AvgIpc) is 2.21. The lowest BCUT2D eigenvalue weighted by atomic mass is 9.80. The summed E-state index contributed by atoms with van der Waals surface area (Å²) in [5, 5.41) is 19.0. The van der Waals surface area contributed by atoms with Crippen LogP contribution in [0.4, 0.5) is 0 Å². The molecule has 2 atom stereocenters. The molecule has 2 N–H and O–H groups in total. The van der Waals surface area contributed by atoms with E-state index in [1.807, 2.05) is 6.92 Å². The number of hydrogen-bond acceptors (Lipinski definition) is 2. The van der Waals surface area contributed by atoms with Crippen molar-refractivity contribution < 1.29 is 10.2 Å². The fourth-order valence-corrected chi connectivity index (χ4v) is 2.34. The molecule has 1 saturated carbocycles. The molecule has 0 amide bonds. The summed E-state index contributed by atoms with van der Waals surface area (Å²) in [6, 6.07) is 0. The Hall–Kier alpha value is -0.0800. The van der Waals surface area contributed by atoms with Gasteiger partial charge in [0, 0.05) is 12.5 Å². The molecule has 0 unspecified atom stereocenters. The molecule has 0 aliphatic heterocycles. The summed E-state index contributed by atoms with van der Waals surface area (Å²) in [6.45, 7) is 2.17. The predicted molar refractivity (Wildman–Crippen MR) is 53.4 cm³/mol. The topological polar surface area (TPSA) is 40.5 Å². The first-order valence-corrected chi connectivity index (χ1v) is 5.58. The van der Waals surface area contributed by atoms with E-state index in [0.717, 1.165) is 19.3 Å². The van der Waals surface area contributed by atoms with Crippen molar-refractivity contribution in [3.8, 4) is 0 Å². The van der Waals surface area contributed by atoms with Crippen LogP contribution in [0.2, 0.25) is 0 Å². The van der Waals surface area contributed by atoms with Crippen molar-refractivity contribution in [3.05, 3.63) is 0 Å². The lowest BCUT2D eigenvalue weighted by Crippen LogP contribution is -2.32.